The summed E-state index contributed by atoms with van der Waals surface area (Å²) in [5, 5.41) is 6.47. The summed E-state index contributed by atoms with van der Waals surface area (Å²) in [6.45, 7) is 9.04. The van der Waals surface area contributed by atoms with Crippen LogP contribution in [0.3, 0.4) is 0 Å². The number of carbonyl (C=O) groups excluding carboxylic acids is 1. The van der Waals surface area contributed by atoms with Crippen LogP contribution in [0.25, 0.3) is 0 Å². The first kappa shape index (κ1) is 15.7. The van der Waals surface area contributed by atoms with Gasteiger partial charge in [0.2, 0.25) is 5.91 Å². The van der Waals surface area contributed by atoms with Crippen molar-refractivity contribution >= 4 is 5.91 Å². The molecule has 2 aliphatic rings. The molecule has 5 nitrogen and oxygen atoms in total. The van der Waals surface area contributed by atoms with Gasteiger partial charge in [-0.3, -0.25) is 4.79 Å². The number of ether oxygens (including phenoxy) is 2. The zero-order valence-corrected chi connectivity index (χ0v) is 13.0. The molecule has 0 bridgehead atoms. The SMILES string of the molecule is CC(C)(C)NC(=O)CCNC1CCOC2(CCOC2)C1. The van der Waals surface area contributed by atoms with Gasteiger partial charge in [-0.15, -0.1) is 0 Å². The lowest BCUT2D eigenvalue weighted by Gasteiger charge is -2.37. The van der Waals surface area contributed by atoms with Crippen LogP contribution in [0.15, 0.2) is 0 Å². The Labute approximate surface area is 121 Å². The number of hydrogen-bond donors (Lipinski definition) is 2. The summed E-state index contributed by atoms with van der Waals surface area (Å²) in [4.78, 5) is 11.8. The second kappa shape index (κ2) is 6.41. The van der Waals surface area contributed by atoms with Crippen LogP contribution in [0.4, 0.5) is 0 Å². The average Bonchev–Trinajstić information content (AvgIpc) is 2.75. The maximum atomic E-state index is 11.8. The van der Waals surface area contributed by atoms with E-state index in [9.17, 15) is 4.79 Å². The van der Waals surface area contributed by atoms with Gasteiger partial charge in [-0.05, 0) is 33.6 Å². The molecule has 116 valence electrons. The Morgan fingerprint density at radius 2 is 2.15 bits per heavy atom. The van der Waals surface area contributed by atoms with Gasteiger partial charge in [0, 0.05) is 44.2 Å². The van der Waals surface area contributed by atoms with E-state index in [4.69, 9.17) is 9.47 Å². The molecule has 2 unspecified atom stereocenters. The Hall–Kier alpha value is -0.650. The lowest BCUT2D eigenvalue weighted by Crippen LogP contribution is -2.48. The molecule has 0 aromatic heterocycles. The van der Waals surface area contributed by atoms with Gasteiger partial charge in [0.15, 0.2) is 0 Å². The normalized spacial score (nSPS) is 30.6. The Kier molecular flexibility index (Phi) is 5.04. The molecule has 0 saturated carbocycles. The standard InChI is InChI=1S/C15H28N2O3/c1-14(2,3)17-13(18)4-7-16-12-5-8-20-15(10-12)6-9-19-11-15/h12,16H,4-11H2,1-3H3,(H,17,18). The molecule has 20 heavy (non-hydrogen) atoms. The summed E-state index contributed by atoms with van der Waals surface area (Å²) in [5.41, 5.74) is -0.218. The van der Waals surface area contributed by atoms with Crippen LogP contribution in [0.5, 0.6) is 0 Å². The maximum absolute atomic E-state index is 11.8. The van der Waals surface area contributed by atoms with E-state index in [0.29, 0.717) is 12.5 Å². The fraction of sp³-hybridized carbons (Fsp3) is 0.933. The summed E-state index contributed by atoms with van der Waals surface area (Å²) >= 11 is 0. The Morgan fingerprint density at radius 1 is 1.35 bits per heavy atom. The molecular formula is C15H28N2O3. The second-order valence-electron chi connectivity index (χ2n) is 7.03. The number of carbonyl (C=O) groups is 1. The molecule has 0 aromatic carbocycles. The van der Waals surface area contributed by atoms with Crippen molar-refractivity contribution in [3.8, 4) is 0 Å². The van der Waals surface area contributed by atoms with Gasteiger partial charge in [0.1, 0.15) is 0 Å². The lowest BCUT2D eigenvalue weighted by atomic mass is 9.89. The minimum Gasteiger partial charge on any atom is -0.378 e. The molecular weight excluding hydrogens is 256 g/mol. The lowest BCUT2D eigenvalue weighted by molar-refractivity contribution is -0.122. The predicted octanol–water partition coefficient (Wildman–Crippen LogP) is 1.22. The Morgan fingerprint density at radius 3 is 2.80 bits per heavy atom. The molecule has 2 rings (SSSR count). The minimum absolute atomic E-state index is 0.0659. The van der Waals surface area contributed by atoms with Crippen LogP contribution in [0.1, 0.15) is 46.5 Å². The van der Waals surface area contributed by atoms with E-state index in [1.165, 1.54) is 0 Å². The molecule has 0 aromatic rings. The average molecular weight is 284 g/mol. The van der Waals surface area contributed by atoms with E-state index in [-0.39, 0.29) is 17.0 Å². The Bertz CT molecular complexity index is 333. The monoisotopic (exact) mass is 284 g/mol. The van der Waals surface area contributed by atoms with Gasteiger partial charge >= 0.3 is 0 Å². The third-order valence-electron chi connectivity index (χ3n) is 3.86. The van der Waals surface area contributed by atoms with Gasteiger partial charge in [-0.25, -0.2) is 0 Å². The van der Waals surface area contributed by atoms with Crippen molar-refractivity contribution in [3.63, 3.8) is 0 Å². The number of hydrogen-bond acceptors (Lipinski definition) is 4. The quantitative estimate of drug-likeness (QED) is 0.815. The third kappa shape index (κ3) is 4.72. The molecule has 0 aliphatic carbocycles. The van der Waals surface area contributed by atoms with Gasteiger partial charge < -0.3 is 20.1 Å². The largest absolute Gasteiger partial charge is 0.378 e. The molecule has 0 radical (unpaired) electrons. The maximum Gasteiger partial charge on any atom is 0.221 e. The molecule has 5 heteroatoms. The van der Waals surface area contributed by atoms with Gasteiger partial charge in [0.05, 0.1) is 12.2 Å². The summed E-state index contributed by atoms with van der Waals surface area (Å²) in [7, 11) is 0. The second-order valence-corrected chi connectivity index (χ2v) is 7.03. The van der Waals surface area contributed by atoms with Crippen molar-refractivity contribution in [1.29, 1.82) is 0 Å². The molecule has 2 atom stereocenters. The minimum atomic E-state index is -0.152. The van der Waals surface area contributed by atoms with Gasteiger partial charge in [-0.2, -0.15) is 0 Å². The fourth-order valence-electron chi connectivity index (χ4n) is 2.94. The van der Waals surface area contributed by atoms with Crippen LogP contribution < -0.4 is 10.6 Å². The van der Waals surface area contributed by atoms with E-state index in [1.54, 1.807) is 0 Å². The summed E-state index contributed by atoms with van der Waals surface area (Å²) in [5.74, 6) is 0.107. The van der Waals surface area contributed by atoms with Crippen molar-refractivity contribution in [2.75, 3.05) is 26.4 Å². The molecule has 1 spiro atoms. The van der Waals surface area contributed by atoms with Crippen molar-refractivity contribution < 1.29 is 14.3 Å². The highest BCUT2D eigenvalue weighted by molar-refractivity contribution is 5.76. The zero-order valence-electron chi connectivity index (χ0n) is 13.0. The number of amides is 1. The molecule has 1 amide bonds. The highest BCUT2D eigenvalue weighted by Gasteiger charge is 2.40. The predicted molar refractivity (Wildman–Crippen MR) is 77.7 cm³/mol. The molecule has 2 N–H and O–H groups in total. The van der Waals surface area contributed by atoms with Crippen molar-refractivity contribution in [2.45, 2.75) is 63.6 Å². The van der Waals surface area contributed by atoms with Gasteiger partial charge in [-0.1, -0.05) is 0 Å². The number of nitrogens with one attached hydrogen (secondary N) is 2. The topological polar surface area (TPSA) is 59.6 Å². The van der Waals surface area contributed by atoms with Crippen molar-refractivity contribution in [1.82, 2.24) is 10.6 Å². The first-order valence-corrected chi connectivity index (χ1v) is 7.65. The molecule has 2 aliphatic heterocycles. The summed E-state index contributed by atoms with van der Waals surface area (Å²) < 4.78 is 11.4. The smallest absolute Gasteiger partial charge is 0.221 e. The van der Waals surface area contributed by atoms with Crippen LogP contribution >= 0.6 is 0 Å². The number of rotatable bonds is 4. The Balaban J connectivity index is 1.68. The van der Waals surface area contributed by atoms with Crippen LogP contribution in [0, 0.1) is 0 Å². The van der Waals surface area contributed by atoms with E-state index < -0.39 is 0 Å². The first-order chi connectivity index (χ1) is 9.39. The van der Waals surface area contributed by atoms with Crippen molar-refractivity contribution in [2.24, 2.45) is 0 Å². The highest BCUT2D eigenvalue weighted by Crippen LogP contribution is 2.32. The van der Waals surface area contributed by atoms with Crippen LogP contribution in [0.2, 0.25) is 0 Å². The van der Waals surface area contributed by atoms with Crippen LogP contribution in [-0.2, 0) is 14.3 Å². The van der Waals surface area contributed by atoms with E-state index in [2.05, 4.69) is 10.6 Å². The third-order valence-corrected chi connectivity index (χ3v) is 3.86. The molecule has 2 fully saturated rings. The zero-order chi connectivity index (χ0) is 14.6. The summed E-state index contributed by atoms with van der Waals surface area (Å²) in [6, 6.07) is 0.438. The molecule has 2 saturated heterocycles. The highest BCUT2D eigenvalue weighted by atomic mass is 16.6. The van der Waals surface area contributed by atoms with Crippen LogP contribution in [-0.4, -0.2) is 49.5 Å². The molecule has 2 heterocycles. The van der Waals surface area contributed by atoms with Gasteiger partial charge in [0.25, 0.3) is 0 Å². The van der Waals surface area contributed by atoms with E-state index in [0.717, 1.165) is 45.6 Å². The van der Waals surface area contributed by atoms with E-state index >= 15 is 0 Å². The summed E-state index contributed by atoms with van der Waals surface area (Å²) in [6.07, 6.45) is 3.53. The van der Waals surface area contributed by atoms with E-state index in [1.807, 2.05) is 20.8 Å². The first-order valence-electron chi connectivity index (χ1n) is 7.65. The van der Waals surface area contributed by atoms with Crippen molar-refractivity contribution in [3.05, 3.63) is 0 Å². The fourth-order valence-corrected chi connectivity index (χ4v) is 2.94.